The van der Waals surface area contributed by atoms with Gasteiger partial charge < -0.3 is 0 Å². The van der Waals surface area contributed by atoms with Gasteiger partial charge in [0.25, 0.3) is 0 Å². The molecular weight excluding hydrogens is 435 g/mol. The van der Waals surface area contributed by atoms with Gasteiger partial charge in [-0.3, -0.25) is 9.78 Å². The van der Waals surface area contributed by atoms with Gasteiger partial charge in [0.05, 0.1) is 11.1 Å². The number of para-hydroxylation sites is 1. The number of pyridine rings is 1. The number of benzene rings is 4. The molecule has 0 atom stereocenters. The SMILES string of the molecule is O=Cc1ccccc1-c1cnc2c(C(F)(F)F)cccc2c1-c1ccc(-c2ccccc2)cc1. The maximum Gasteiger partial charge on any atom is 0.418 e. The van der Waals surface area contributed by atoms with E-state index < -0.39 is 11.7 Å². The zero-order chi connectivity index (χ0) is 23.7. The van der Waals surface area contributed by atoms with E-state index in [1.807, 2.05) is 54.6 Å². The third-order valence-electron chi connectivity index (χ3n) is 5.86. The predicted molar refractivity (Wildman–Crippen MR) is 128 cm³/mol. The Morgan fingerprint density at radius 1 is 0.647 bits per heavy atom. The number of carbonyl (C=O) groups excluding carboxylic acids is 1. The molecule has 0 unspecified atom stereocenters. The molecule has 0 aliphatic rings. The van der Waals surface area contributed by atoms with Crippen LogP contribution in [0.1, 0.15) is 15.9 Å². The molecule has 1 heterocycles. The van der Waals surface area contributed by atoms with Gasteiger partial charge in [-0.2, -0.15) is 13.2 Å². The first-order valence-electron chi connectivity index (χ1n) is 10.7. The van der Waals surface area contributed by atoms with Crippen molar-refractivity contribution in [3.8, 4) is 33.4 Å². The highest BCUT2D eigenvalue weighted by atomic mass is 19.4. The van der Waals surface area contributed by atoms with Gasteiger partial charge >= 0.3 is 6.18 Å². The summed E-state index contributed by atoms with van der Waals surface area (Å²) in [6.07, 6.45) is -2.36. The number of fused-ring (bicyclic) bond motifs is 1. The number of aromatic nitrogens is 1. The van der Waals surface area contributed by atoms with E-state index in [1.54, 1.807) is 30.3 Å². The Labute approximate surface area is 194 Å². The Bertz CT molecular complexity index is 1490. The number of carbonyl (C=O) groups is 1. The number of hydrogen-bond acceptors (Lipinski definition) is 2. The summed E-state index contributed by atoms with van der Waals surface area (Å²) in [5.41, 5.74) is 4.12. The van der Waals surface area contributed by atoms with Gasteiger partial charge in [0.1, 0.15) is 0 Å². The second kappa shape index (κ2) is 8.60. The molecule has 0 N–H and O–H groups in total. The molecular formula is C29H18F3NO. The summed E-state index contributed by atoms with van der Waals surface area (Å²) in [6, 6.07) is 28.6. The zero-order valence-electron chi connectivity index (χ0n) is 17.9. The molecule has 0 aliphatic heterocycles. The normalized spacial score (nSPS) is 11.5. The van der Waals surface area contributed by atoms with Gasteiger partial charge in [0, 0.05) is 28.3 Å². The van der Waals surface area contributed by atoms with Gasteiger partial charge in [-0.15, -0.1) is 0 Å². The molecule has 1 aromatic heterocycles. The molecule has 5 heteroatoms. The van der Waals surface area contributed by atoms with Crippen LogP contribution in [0.2, 0.25) is 0 Å². The number of alkyl halides is 3. The fourth-order valence-corrected chi connectivity index (χ4v) is 4.27. The van der Waals surface area contributed by atoms with E-state index in [1.165, 1.54) is 12.3 Å². The van der Waals surface area contributed by atoms with Crippen molar-refractivity contribution in [3.05, 3.63) is 114 Å². The number of hydrogen-bond donors (Lipinski definition) is 0. The van der Waals surface area contributed by atoms with Crippen molar-refractivity contribution in [1.82, 2.24) is 4.98 Å². The summed E-state index contributed by atoms with van der Waals surface area (Å²) in [5.74, 6) is 0. The monoisotopic (exact) mass is 453 g/mol. The predicted octanol–water partition coefficient (Wildman–Crippen LogP) is 8.07. The van der Waals surface area contributed by atoms with E-state index in [9.17, 15) is 18.0 Å². The van der Waals surface area contributed by atoms with Crippen LogP contribution in [0, 0.1) is 0 Å². The van der Waals surface area contributed by atoms with E-state index in [0.717, 1.165) is 29.0 Å². The van der Waals surface area contributed by atoms with Gasteiger partial charge in [-0.1, -0.05) is 91.0 Å². The van der Waals surface area contributed by atoms with Gasteiger partial charge in [-0.05, 0) is 28.3 Å². The molecule has 0 saturated carbocycles. The Hall–Kier alpha value is -4.25. The van der Waals surface area contributed by atoms with Crippen LogP contribution in [0.25, 0.3) is 44.3 Å². The maximum absolute atomic E-state index is 13.7. The molecule has 0 spiro atoms. The summed E-state index contributed by atoms with van der Waals surface area (Å²) in [7, 11) is 0. The van der Waals surface area contributed by atoms with Crippen LogP contribution in [-0.2, 0) is 6.18 Å². The van der Waals surface area contributed by atoms with Crippen molar-refractivity contribution in [2.75, 3.05) is 0 Å². The molecule has 0 radical (unpaired) electrons. The van der Waals surface area contributed by atoms with Crippen LogP contribution in [0.15, 0.2) is 103 Å². The van der Waals surface area contributed by atoms with Crippen molar-refractivity contribution < 1.29 is 18.0 Å². The minimum Gasteiger partial charge on any atom is -0.298 e. The summed E-state index contributed by atoms with van der Waals surface area (Å²) in [6.45, 7) is 0. The molecule has 5 rings (SSSR count). The van der Waals surface area contributed by atoms with E-state index in [2.05, 4.69) is 4.98 Å². The quantitative estimate of drug-likeness (QED) is 0.258. The highest BCUT2D eigenvalue weighted by Crippen LogP contribution is 2.42. The van der Waals surface area contributed by atoms with Gasteiger partial charge in [-0.25, -0.2) is 0 Å². The van der Waals surface area contributed by atoms with Crippen molar-refractivity contribution in [1.29, 1.82) is 0 Å². The minimum absolute atomic E-state index is 0.121. The third-order valence-corrected chi connectivity index (χ3v) is 5.86. The van der Waals surface area contributed by atoms with Gasteiger partial charge in [0.2, 0.25) is 0 Å². The van der Waals surface area contributed by atoms with E-state index in [4.69, 9.17) is 0 Å². The second-order valence-corrected chi connectivity index (χ2v) is 7.89. The minimum atomic E-state index is -4.54. The third kappa shape index (κ3) is 3.86. The van der Waals surface area contributed by atoms with Crippen molar-refractivity contribution >= 4 is 17.2 Å². The van der Waals surface area contributed by atoms with Crippen molar-refractivity contribution in [2.45, 2.75) is 6.18 Å². The molecule has 4 aromatic carbocycles. The van der Waals surface area contributed by atoms with Crippen molar-refractivity contribution in [3.63, 3.8) is 0 Å². The summed E-state index contributed by atoms with van der Waals surface area (Å²) in [4.78, 5) is 15.9. The van der Waals surface area contributed by atoms with E-state index in [0.29, 0.717) is 27.6 Å². The van der Waals surface area contributed by atoms with E-state index >= 15 is 0 Å². The standard InChI is InChI=1S/C29H18F3NO/c30-29(31,32)26-12-6-11-24-27(21-15-13-20(14-16-21)19-7-2-1-3-8-19)25(17-33-28(24)26)23-10-5-4-9-22(23)18-34/h1-18H. The molecule has 34 heavy (non-hydrogen) atoms. The number of halogens is 3. The lowest BCUT2D eigenvalue weighted by Gasteiger charge is -2.17. The van der Waals surface area contributed by atoms with Crippen LogP contribution in [0.4, 0.5) is 13.2 Å². The first kappa shape index (κ1) is 21.6. The molecule has 0 aliphatic carbocycles. The zero-order valence-corrected chi connectivity index (χ0v) is 17.9. The second-order valence-electron chi connectivity index (χ2n) is 7.89. The first-order chi connectivity index (χ1) is 16.5. The summed E-state index contributed by atoms with van der Waals surface area (Å²) >= 11 is 0. The van der Waals surface area contributed by atoms with Gasteiger partial charge in [0.15, 0.2) is 6.29 Å². The Kier molecular flexibility index (Phi) is 5.46. The average molecular weight is 453 g/mol. The molecule has 0 saturated heterocycles. The Morgan fingerprint density at radius 2 is 1.29 bits per heavy atom. The fourth-order valence-electron chi connectivity index (χ4n) is 4.27. The lowest BCUT2D eigenvalue weighted by molar-refractivity contribution is -0.136. The van der Waals surface area contributed by atoms with Crippen LogP contribution >= 0.6 is 0 Å². The Balaban J connectivity index is 1.80. The molecule has 166 valence electrons. The highest BCUT2D eigenvalue weighted by molar-refractivity contribution is 6.05. The smallest absolute Gasteiger partial charge is 0.298 e. The van der Waals surface area contributed by atoms with E-state index in [-0.39, 0.29) is 5.52 Å². The Morgan fingerprint density at radius 3 is 2.00 bits per heavy atom. The van der Waals surface area contributed by atoms with Crippen LogP contribution in [0.5, 0.6) is 0 Å². The molecule has 0 fully saturated rings. The number of rotatable bonds is 4. The molecule has 0 bridgehead atoms. The summed E-state index contributed by atoms with van der Waals surface area (Å²) in [5, 5.41) is 0.375. The lowest BCUT2D eigenvalue weighted by atomic mass is 9.89. The summed E-state index contributed by atoms with van der Waals surface area (Å²) < 4.78 is 41.2. The highest BCUT2D eigenvalue weighted by Gasteiger charge is 2.33. The van der Waals surface area contributed by atoms with Crippen LogP contribution < -0.4 is 0 Å². The lowest BCUT2D eigenvalue weighted by Crippen LogP contribution is -2.07. The topological polar surface area (TPSA) is 30.0 Å². The number of aldehydes is 1. The molecule has 2 nitrogen and oxygen atoms in total. The van der Waals surface area contributed by atoms with Crippen LogP contribution in [-0.4, -0.2) is 11.3 Å². The van der Waals surface area contributed by atoms with Crippen LogP contribution in [0.3, 0.4) is 0 Å². The van der Waals surface area contributed by atoms with Crippen molar-refractivity contribution in [2.24, 2.45) is 0 Å². The molecule has 5 aromatic rings. The number of nitrogens with zero attached hydrogens (tertiary/aromatic N) is 1. The first-order valence-corrected chi connectivity index (χ1v) is 10.7. The fraction of sp³-hybridized carbons (Fsp3) is 0.0345. The molecule has 0 amide bonds. The largest absolute Gasteiger partial charge is 0.418 e. The maximum atomic E-state index is 13.7. The average Bonchev–Trinajstić information content (AvgIpc) is 2.87.